The third-order valence-corrected chi connectivity index (χ3v) is 7.20. The Balaban J connectivity index is 1.41. The van der Waals surface area contributed by atoms with Gasteiger partial charge in [-0.2, -0.15) is 0 Å². The molecule has 2 aromatic rings. The Kier molecular flexibility index (Phi) is 5.20. The number of hydrogen-bond donors (Lipinski definition) is 1. The number of aromatic nitrogens is 1. The molecular weight excluding hydrogens is 392 g/mol. The topological polar surface area (TPSA) is 78.7 Å². The van der Waals surface area contributed by atoms with Crippen molar-refractivity contribution in [1.82, 2.24) is 15.2 Å². The van der Waals surface area contributed by atoms with Crippen LogP contribution in [0.3, 0.4) is 0 Å². The van der Waals surface area contributed by atoms with Gasteiger partial charge in [0, 0.05) is 50.4 Å². The maximum Gasteiger partial charge on any atom is 0.289 e. The zero-order valence-electron chi connectivity index (χ0n) is 18.0. The minimum Gasteiger partial charge on any atom is -0.459 e. The molecular formula is C24H30N4O3. The van der Waals surface area contributed by atoms with E-state index in [0.717, 1.165) is 37.3 Å². The minimum absolute atomic E-state index is 0.0513. The zero-order valence-corrected chi connectivity index (χ0v) is 18.0. The predicted octanol–water partition coefficient (Wildman–Crippen LogP) is 2.87. The molecule has 1 saturated carbocycles. The molecule has 2 atom stereocenters. The van der Waals surface area contributed by atoms with E-state index in [1.165, 1.54) is 12.8 Å². The molecule has 3 fully saturated rings. The number of nitrogens with one attached hydrogen (secondary N) is 1. The van der Waals surface area contributed by atoms with Crippen LogP contribution in [0.4, 0.5) is 5.82 Å². The van der Waals surface area contributed by atoms with Gasteiger partial charge in [0.2, 0.25) is 5.91 Å². The molecule has 0 bridgehead atoms. The highest BCUT2D eigenvalue weighted by molar-refractivity contribution is 5.93. The summed E-state index contributed by atoms with van der Waals surface area (Å²) < 4.78 is 5.48. The molecule has 2 aromatic heterocycles. The molecule has 3 aliphatic rings. The molecule has 0 unspecified atom stereocenters. The van der Waals surface area contributed by atoms with Gasteiger partial charge in [-0.05, 0) is 56.7 Å². The number of hydrogen-bond acceptors (Lipinski definition) is 5. The lowest BCUT2D eigenvalue weighted by Gasteiger charge is -2.32. The van der Waals surface area contributed by atoms with Gasteiger partial charge in [0.05, 0.1) is 11.7 Å². The second-order valence-corrected chi connectivity index (χ2v) is 9.36. The van der Waals surface area contributed by atoms with Crippen LogP contribution in [0.2, 0.25) is 0 Å². The van der Waals surface area contributed by atoms with E-state index in [4.69, 9.17) is 4.42 Å². The van der Waals surface area contributed by atoms with Crippen LogP contribution in [0.1, 0.15) is 41.8 Å². The molecule has 31 heavy (non-hydrogen) atoms. The number of furan rings is 1. The summed E-state index contributed by atoms with van der Waals surface area (Å²) in [5.41, 5.74) is 0.351. The van der Waals surface area contributed by atoms with Crippen molar-refractivity contribution in [1.29, 1.82) is 0 Å². The minimum atomic E-state index is -0.500. The highest BCUT2D eigenvalue weighted by atomic mass is 16.3. The van der Waals surface area contributed by atoms with E-state index < -0.39 is 5.41 Å². The van der Waals surface area contributed by atoms with Gasteiger partial charge >= 0.3 is 0 Å². The number of carbonyl (C=O) groups excluding carboxylic acids is 2. The molecule has 164 valence electrons. The highest BCUT2D eigenvalue weighted by Crippen LogP contribution is 2.44. The maximum atomic E-state index is 13.5. The van der Waals surface area contributed by atoms with Crippen LogP contribution in [0.5, 0.6) is 0 Å². The Morgan fingerprint density at radius 1 is 1.26 bits per heavy atom. The summed E-state index contributed by atoms with van der Waals surface area (Å²) in [5, 5.41) is 3.25. The van der Waals surface area contributed by atoms with Gasteiger partial charge in [-0.25, -0.2) is 4.98 Å². The Labute approximate surface area is 182 Å². The summed E-state index contributed by atoms with van der Waals surface area (Å²) in [4.78, 5) is 35.3. The molecule has 1 N–H and O–H groups in total. The lowest BCUT2D eigenvalue weighted by molar-refractivity contribution is -0.132. The van der Waals surface area contributed by atoms with E-state index in [2.05, 4.69) is 15.2 Å². The Hall–Kier alpha value is -2.83. The number of aryl methyl sites for hydroxylation is 1. The normalized spacial score (nSPS) is 25.8. The lowest BCUT2D eigenvalue weighted by Crippen LogP contribution is -2.48. The number of rotatable bonds is 5. The average Bonchev–Trinajstić information content (AvgIpc) is 3.46. The van der Waals surface area contributed by atoms with Crippen LogP contribution in [-0.2, 0) is 4.79 Å². The van der Waals surface area contributed by atoms with E-state index in [1.807, 2.05) is 36.1 Å². The molecule has 7 nitrogen and oxygen atoms in total. The summed E-state index contributed by atoms with van der Waals surface area (Å²) in [6.07, 6.45) is 7.35. The van der Waals surface area contributed by atoms with Gasteiger partial charge in [0.25, 0.3) is 5.91 Å². The van der Waals surface area contributed by atoms with Crippen molar-refractivity contribution in [3.05, 3.63) is 48.0 Å². The van der Waals surface area contributed by atoms with Gasteiger partial charge in [-0.15, -0.1) is 0 Å². The molecule has 4 heterocycles. The maximum absolute atomic E-state index is 13.5. The molecule has 0 radical (unpaired) electrons. The van der Waals surface area contributed by atoms with Crippen molar-refractivity contribution in [2.75, 3.05) is 37.6 Å². The molecule has 5 rings (SSSR count). The quantitative estimate of drug-likeness (QED) is 0.802. The Morgan fingerprint density at radius 3 is 2.84 bits per heavy atom. The summed E-state index contributed by atoms with van der Waals surface area (Å²) in [6, 6.07) is 7.70. The summed E-state index contributed by atoms with van der Waals surface area (Å²) in [7, 11) is 0. The van der Waals surface area contributed by atoms with Crippen LogP contribution in [0.25, 0.3) is 0 Å². The fourth-order valence-corrected chi connectivity index (χ4v) is 5.17. The van der Waals surface area contributed by atoms with E-state index in [-0.39, 0.29) is 17.7 Å². The van der Waals surface area contributed by atoms with Crippen molar-refractivity contribution in [3.63, 3.8) is 0 Å². The van der Waals surface area contributed by atoms with Crippen molar-refractivity contribution in [2.45, 2.75) is 32.6 Å². The van der Waals surface area contributed by atoms with Crippen molar-refractivity contribution in [2.24, 2.45) is 17.3 Å². The van der Waals surface area contributed by atoms with Crippen molar-refractivity contribution in [3.8, 4) is 0 Å². The summed E-state index contributed by atoms with van der Waals surface area (Å²) in [5.74, 6) is 2.06. The number of amides is 2. The number of anilines is 1. The molecule has 1 aliphatic carbocycles. The fraction of sp³-hybridized carbons (Fsp3) is 0.542. The van der Waals surface area contributed by atoms with Crippen LogP contribution >= 0.6 is 0 Å². The Bertz CT molecular complexity index is 955. The second kappa shape index (κ2) is 8.02. The molecule has 0 spiro atoms. The molecule has 7 heteroatoms. The number of likely N-dealkylation sites (tertiary alicyclic amines) is 1. The molecule has 2 saturated heterocycles. The lowest BCUT2D eigenvalue weighted by atomic mass is 9.74. The highest BCUT2D eigenvalue weighted by Gasteiger charge is 2.54. The van der Waals surface area contributed by atoms with Crippen LogP contribution in [-0.4, -0.2) is 54.4 Å². The van der Waals surface area contributed by atoms with E-state index >= 15 is 0 Å². The third kappa shape index (κ3) is 3.82. The monoisotopic (exact) mass is 422 g/mol. The van der Waals surface area contributed by atoms with E-state index in [0.29, 0.717) is 31.3 Å². The SMILES string of the molecule is Cc1ccoc1C(=O)N1CCC[C@@]2(C(=O)NCC3CC3)CN(c3ccccn3)C[C@H]2C1. The van der Waals surface area contributed by atoms with Crippen LogP contribution < -0.4 is 10.2 Å². The summed E-state index contributed by atoms with van der Waals surface area (Å²) in [6.45, 7) is 5.23. The van der Waals surface area contributed by atoms with Gasteiger partial charge in [0.1, 0.15) is 5.82 Å². The van der Waals surface area contributed by atoms with Crippen LogP contribution in [0, 0.1) is 24.2 Å². The molecule has 2 amide bonds. The number of pyridine rings is 1. The number of nitrogens with zero attached hydrogens (tertiary/aromatic N) is 3. The first-order valence-electron chi connectivity index (χ1n) is 11.3. The smallest absolute Gasteiger partial charge is 0.289 e. The molecule has 0 aromatic carbocycles. The number of carbonyl (C=O) groups is 2. The van der Waals surface area contributed by atoms with Gasteiger partial charge < -0.3 is 19.5 Å². The predicted molar refractivity (Wildman–Crippen MR) is 117 cm³/mol. The molecule has 2 aliphatic heterocycles. The van der Waals surface area contributed by atoms with E-state index in [9.17, 15) is 9.59 Å². The zero-order chi connectivity index (χ0) is 21.4. The third-order valence-electron chi connectivity index (χ3n) is 7.20. The van der Waals surface area contributed by atoms with Gasteiger partial charge in [-0.1, -0.05) is 6.07 Å². The second-order valence-electron chi connectivity index (χ2n) is 9.36. The largest absolute Gasteiger partial charge is 0.459 e. The van der Waals surface area contributed by atoms with Gasteiger partial charge in [-0.3, -0.25) is 9.59 Å². The summed E-state index contributed by atoms with van der Waals surface area (Å²) >= 11 is 0. The van der Waals surface area contributed by atoms with Crippen molar-refractivity contribution < 1.29 is 14.0 Å². The first kappa shape index (κ1) is 20.1. The van der Waals surface area contributed by atoms with Crippen molar-refractivity contribution >= 4 is 17.6 Å². The average molecular weight is 423 g/mol. The first-order chi connectivity index (χ1) is 15.1. The number of fused-ring (bicyclic) bond motifs is 1. The first-order valence-corrected chi connectivity index (χ1v) is 11.3. The standard InChI is InChI=1S/C24H30N4O3/c1-17-8-12-31-21(17)22(29)27-11-4-9-24(23(30)26-13-18-6-7-18)16-28(15-19(24)14-27)20-5-2-3-10-25-20/h2-3,5,8,10,12,18-19H,4,6-7,9,11,13-16H2,1H3,(H,26,30)/t19-,24-/m1/s1. The van der Waals surface area contributed by atoms with Crippen LogP contribution in [0.15, 0.2) is 41.1 Å². The van der Waals surface area contributed by atoms with Gasteiger partial charge in [0.15, 0.2) is 5.76 Å². The Morgan fingerprint density at radius 2 is 2.13 bits per heavy atom. The fourth-order valence-electron chi connectivity index (χ4n) is 5.17. The van der Waals surface area contributed by atoms with E-state index in [1.54, 1.807) is 12.5 Å².